The van der Waals surface area contributed by atoms with Crippen LogP contribution in [0.1, 0.15) is 12.5 Å². The highest BCUT2D eigenvalue weighted by atomic mass is 16.5. The second-order valence-corrected chi connectivity index (χ2v) is 6.26. The van der Waals surface area contributed by atoms with Gasteiger partial charge in [-0.3, -0.25) is 4.90 Å². The number of likely N-dealkylation sites (N-methyl/N-ethyl adjacent to an activating group) is 1. The lowest BCUT2D eigenvalue weighted by Crippen LogP contribution is -2.41. The molecule has 0 saturated carbocycles. The van der Waals surface area contributed by atoms with E-state index in [-0.39, 0.29) is 0 Å². The zero-order chi connectivity index (χ0) is 17.5. The molecule has 0 bridgehead atoms. The number of methoxy groups -OCH3 is 2. The largest absolute Gasteiger partial charge is 0.493 e. The lowest BCUT2D eigenvalue weighted by Gasteiger charge is -2.30. The molecule has 0 heterocycles. The van der Waals surface area contributed by atoms with Crippen molar-refractivity contribution in [2.24, 2.45) is 0 Å². The maximum atomic E-state index is 10.3. The lowest BCUT2D eigenvalue weighted by atomic mass is 10.1. The first-order valence-electron chi connectivity index (χ1n) is 7.75. The molecule has 1 unspecified atom stereocenters. The van der Waals surface area contributed by atoms with E-state index in [4.69, 9.17) is 9.47 Å². The molecule has 1 N–H and O–H groups in total. The van der Waals surface area contributed by atoms with Crippen LogP contribution in [0.2, 0.25) is 0 Å². The molecule has 0 spiro atoms. The molecule has 1 rings (SSSR count). The van der Waals surface area contributed by atoms with Gasteiger partial charge in [-0.05, 0) is 38.7 Å². The van der Waals surface area contributed by atoms with Crippen molar-refractivity contribution in [1.29, 1.82) is 0 Å². The predicted octanol–water partition coefficient (Wildman–Crippen LogP) is 2.00. The van der Waals surface area contributed by atoms with Gasteiger partial charge in [-0.1, -0.05) is 12.1 Å². The van der Waals surface area contributed by atoms with Gasteiger partial charge in [-0.2, -0.15) is 0 Å². The molecule has 0 fully saturated rings. The van der Waals surface area contributed by atoms with Gasteiger partial charge in [0.1, 0.15) is 0 Å². The second-order valence-electron chi connectivity index (χ2n) is 6.26. The Kier molecular flexibility index (Phi) is 7.55. The Morgan fingerprint density at radius 3 is 2.35 bits per heavy atom. The molecular weight excluding hydrogens is 292 g/mol. The van der Waals surface area contributed by atoms with Crippen LogP contribution in [0.3, 0.4) is 0 Å². The Morgan fingerprint density at radius 1 is 1.17 bits per heavy atom. The van der Waals surface area contributed by atoms with E-state index >= 15 is 0 Å². The van der Waals surface area contributed by atoms with E-state index in [1.54, 1.807) is 27.2 Å². The van der Waals surface area contributed by atoms with Crippen molar-refractivity contribution in [3.05, 3.63) is 36.4 Å². The first-order valence-corrected chi connectivity index (χ1v) is 7.75. The Balaban J connectivity index is 2.88. The van der Waals surface area contributed by atoms with Crippen molar-refractivity contribution in [1.82, 2.24) is 9.80 Å². The molecular formula is C18H30N2O3. The van der Waals surface area contributed by atoms with E-state index in [0.717, 1.165) is 25.2 Å². The molecule has 0 radical (unpaired) electrons. The fraction of sp³-hybridized carbons (Fsp3) is 0.556. The molecule has 5 heteroatoms. The van der Waals surface area contributed by atoms with Crippen LogP contribution in [0.15, 0.2) is 30.9 Å². The van der Waals surface area contributed by atoms with E-state index in [1.807, 2.05) is 32.3 Å². The van der Waals surface area contributed by atoms with Crippen molar-refractivity contribution in [3.63, 3.8) is 0 Å². The van der Waals surface area contributed by atoms with Crippen molar-refractivity contribution >= 4 is 0 Å². The summed E-state index contributed by atoms with van der Waals surface area (Å²) in [6, 6.07) is 5.90. The van der Waals surface area contributed by atoms with Gasteiger partial charge in [0.2, 0.25) is 0 Å². The lowest BCUT2D eigenvalue weighted by molar-refractivity contribution is 0.0562. The van der Waals surface area contributed by atoms with Gasteiger partial charge < -0.3 is 19.5 Å². The van der Waals surface area contributed by atoms with Gasteiger partial charge in [0.15, 0.2) is 11.5 Å². The van der Waals surface area contributed by atoms with Crippen LogP contribution >= 0.6 is 0 Å². The monoisotopic (exact) mass is 322 g/mol. The van der Waals surface area contributed by atoms with Crippen LogP contribution in [0.4, 0.5) is 0 Å². The Labute approximate surface area is 140 Å². The highest BCUT2D eigenvalue weighted by Gasteiger charge is 2.21. The van der Waals surface area contributed by atoms with Crippen molar-refractivity contribution in [3.8, 4) is 11.5 Å². The Bertz CT molecular complexity index is 501. The third-order valence-electron chi connectivity index (χ3n) is 3.70. The summed E-state index contributed by atoms with van der Waals surface area (Å²) in [5.41, 5.74) is 0.198. The predicted molar refractivity (Wildman–Crippen MR) is 94.2 cm³/mol. The number of nitrogens with zero attached hydrogens (tertiary/aromatic N) is 2. The fourth-order valence-electron chi connectivity index (χ4n) is 2.31. The maximum absolute atomic E-state index is 10.3. The zero-order valence-corrected chi connectivity index (χ0v) is 15.0. The van der Waals surface area contributed by atoms with Crippen LogP contribution in [-0.4, -0.2) is 68.5 Å². The minimum absolute atomic E-state index is 0.526. The first-order chi connectivity index (χ1) is 10.8. The number of benzene rings is 1. The Hall–Kier alpha value is -1.56. The fourth-order valence-corrected chi connectivity index (χ4v) is 2.31. The standard InChI is InChI=1S/C18H30N2O3/c1-7-18(2,21)14-20(11-10-19(3)4)13-15-8-9-16(22-5)17(12-15)23-6/h7-9,12,21H,1,10-11,13-14H2,2-6H3. The smallest absolute Gasteiger partial charge is 0.161 e. The summed E-state index contributed by atoms with van der Waals surface area (Å²) in [7, 11) is 7.34. The summed E-state index contributed by atoms with van der Waals surface area (Å²) >= 11 is 0. The number of aliphatic hydroxyl groups is 1. The van der Waals surface area contributed by atoms with Crippen molar-refractivity contribution in [2.75, 3.05) is 47.9 Å². The van der Waals surface area contributed by atoms with E-state index < -0.39 is 5.60 Å². The van der Waals surface area contributed by atoms with Crippen LogP contribution in [0.5, 0.6) is 11.5 Å². The van der Waals surface area contributed by atoms with Crippen LogP contribution in [0.25, 0.3) is 0 Å². The molecule has 0 aliphatic heterocycles. The number of rotatable bonds is 10. The molecule has 1 aromatic rings. The summed E-state index contributed by atoms with van der Waals surface area (Å²) < 4.78 is 10.6. The average Bonchev–Trinajstić information content (AvgIpc) is 2.52. The minimum Gasteiger partial charge on any atom is -0.493 e. The summed E-state index contributed by atoms with van der Waals surface area (Å²) in [6.45, 7) is 8.51. The van der Waals surface area contributed by atoms with Gasteiger partial charge in [0.25, 0.3) is 0 Å². The highest BCUT2D eigenvalue weighted by Crippen LogP contribution is 2.28. The van der Waals surface area contributed by atoms with Gasteiger partial charge in [-0.15, -0.1) is 6.58 Å². The number of hydrogen-bond donors (Lipinski definition) is 1. The van der Waals surface area contributed by atoms with Crippen LogP contribution in [-0.2, 0) is 6.54 Å². The van der Waals surface area contributed by atoms with E-state index in [9.17, 15) is 5.11 Å². The summed E-state index contributed by atoms with van der Waals surface area (Å²) in [6.07, 6.45) is 1.59. The minimum atomic E-state index is -0.914. The van der Waals surface area contributed by atoms with Crippen LogP contribution in [0, 0.1) is 0 Å². The van der Waals surface area contributed by atoms with Gasteiger partial charge in [0.05, 0.1) is 19.8 Å². The first kappa shape index (κ1) is 19.5. The Morgan fingerprint density at radius 2 is 1.83 bits per heavy atom. The quantitative estimate of drug-likeness (QED) is 0.668. The summed E-state index contributed by atoms with van der Waals surface area (Å²) in [4.78, 5) is 4.34. The summed E-state index contributed by atoms with van der Waals surface area (Å²) in [5, 5.41) is 10.3. The summed E-state index contributed by atoms with van der Waals surface area (Å²) in [5.74, 6) is 1.43. The number of hydrogen-bond acceptors (Lipinski definition) is 5. The molecule has 0 aliphatic rings. The molecule has 0 amide bonds. The van der Waals surface area contributed by atoms with Gasteiger partial charge in [-0.25, -0.2) is 0 Å². The van der Waals surface area contributed by atoms with Crippen molar-refractivity contribution in [2.45, 2.75) is 19.1 Å². The van der Waals surface area contributed by atoms with E-state index in [0.29, 0.717) is 18.0 Å². The molecule has 0 aromatic heterocycles. The highest BCUT2D eigenvalue weighted by molar-refractivity contribution is 5.42. The van der Waals surface area contributed by atoms with Gasteiger partial charge >= 0.3 is 0 Å². The maximum Gasteiger partial charge on any atom is 0.161 e. The molecule has 23 heavy (non-hydrogen) atoms. The van der Waals surface area contributed by atoms with E-state index in [1.165, 1.54) is 0 Å². The normalized spacial score (nSPS) is 13.9. The van der Waals surface area contributed by atoms with E-state index in [2.05, 4.69) is 16.4 Å². The third kappa shape index (κ3) is 6.60. The topological polar surface area (TPSA) is 45.2 Å². The zero-order valence-electron chi connectivity index (χ0n) is 15.0. The van der Waals surface area contributed by atoms with Crippen molar-refractivity contribution < 1.29 is 14.6 Å². The molecule has 0 aliphatic carbocycles. The molecule has 1 atom stereocenters. The average molecular weight is 322 g/mol. The molecule has 1 aromatic carbocycles. The number of ether oxygens (including phenoxy) is 2. The second kappa shape index (κ2) is 8.91. The molecule has 0 saturated heterocycles. The third-order valence-corrected chi connectivity index (χ3v) is 3.70. The molecule has 5 nitrogen and oxygen atoms in total. The van der Waals surface area contributed by atoms with Gasteiger partial charge in [0, 0.05) is 26.2 Å². The van der Waals surface area contributed by atoms with Crippen LogP contribution < -0.4 is 9.47 Å². The SMILES string of the molecule is C=CC(C)(O)CN(CCN(C)C)Cc1ccc(OC)c(OC)c1. The molecule has 130 valence electrons.